The Hall–Kier alpha value is -3.34. The molecule has 1 aliphatic heterocycles. The van der Waals surface area contributed by atoms with Crippen LogP contribution in [0, 0.1) is 0 Å². The number of carbonyl (C=O) groups is 2. The Morgan fingerprint density at radius 2 is 1.54 bits per heavy atom. The number of aromatic hydroxyl groups is 1. The van der Waals surface area contributed by atoms with Gasteiger partial charge in [-0.25, -0.2) is 4.90 Å². The van der Waals surface area contributed by atoms with Gasteiger partial charge >= 0.3 is 0 Å². The Bertz CT molecular complexity index is 970. The monoisotopic (exact) mass is 319 g/mol. The van der Waals surface area contributed by atoms with E-state index in [0.717, 1.165) is 10.3 Å². The third-order valence-electron chi connectivity index (χ3n) is 4.20. The van der Waals surface area contributed by atoms with E-state index in [1.807, 2.05) is 6.07 Å². The molecule has 24 heavy (non-hydrogen) atoms. The molecule has 0 saturated heterocycles. The van der Waals surface area contributed by atoms with E-state index in [9.17, 15) is 14.7 Å². The third kappa shape index (κ3) is 1.88. The molecular formula is C19H13NO4. The predicted octanol–water partition coefficient (Wildman–Crippen LogP) is 3.35. The van der Waals surface area contributed by atoms with Gasteiger partial charge in [0.1, 0.15) is 11.5 Å². The van der Waals surface area contributed by atoms with E-state index in [4.69, 9.17) is 4.74 Å². The maximum absolute atomic E-state index is 12.9. The van der Waals surface area contributed by atoms with Crippen molar-refractivity contribution >= 4 is 28.3 Å². The number of ether oxygens (including phenoxy) is 1. The molecule has 5 nitrogen and oxygen atoms in total. The maximum Gasteiger partial charge on any atom is 0.265 e. The molecule has 0 atom stereocenters. The Kier molecular flexibility index (Phi) is 3.03. The number of nitrogens with zero attached hydrogens (tertiary/aromatic N) is 1. The van der Waals surface area contributed by atoms with Crippen LogP contribution in [0.4, 0.5) is 5.69 Å². The van der Waals surface area contributed by atoms with E-state index in [1.54, 1.807) is 43.5 Å². The van der Waals surface area contributed by atoms with Crippen LogP contribution in [-0.2, 0) is 0 Å². The number of hydrogen-bond donors (Lipinski definition) is 1. The number of rotatable bonds is 2. The summed E-state index contributed by atoms with van der Waals surface area (Å²) in [6.45, 7) is 0. The van der Waals surface area contributed by atoms with Gasteiger partial charge in [-0.05, 0) is 42.5 Å². The topological polar surface area (TPSA) is 66.8 Å². The van der Waals surface area contributed by atoms with Gasteiger partial charge in [0.25, 0.3) is 11.8 Å². The second-order valence-corrected chi connectivity index (χ2v) is 5.51. The summed E-state index contributed by atoms with van der Waals surface area (Å²) in [5.41, 5.74) is 1.32. The molecule has 0 fully saturated rings. The number of benzene rings is 3. The number of amides is 2. The number of phenolic OH excluding ortho intramolecular Hbond substituents is 1. The summed E-state index contributed by atoms with van der Waals surface area (Å²) in [6.07, 6.45) is 0. The van der Waals surface area contributed by atoms with Crippen molar-refractivity contribution in [2.24, 2.45) is 0 Å². The second kappa shape index (κ2) is 5.09. The average Bonchev–Trinajstić information content (AvgIpc) is 2.61. The van der Waals surface area contributed by atoms with Crippen LogP contribution in [0.1, 0.15) is 20.7 Å². The van der Waals surface area contributed by atoms with Gasteiger partial charge in [-0.1, -0.05) is 12.1 Å². The van der Waals surface area contributed by atoms with Crippen molar-refractivity contribution in [1.82, 2.24) is 0 Å². The standard InChI is InChI=1S/C19H13NO4/c1-24-16-10-9-15-17-13(16)3-2-4-14(17)18(22)20(19(15)23)11-5-7-12(21)8-6-11/h2-10,21H,1H3. The quantitative estimate of drug-likeness (QED) is 0.736. The van der Waals surface area contributed by atoms with E-state index in [0.29, 0.717) is 28.0 Å². The molecule has 1 heterocycles. The van der Waals surface area contributed by atoms with E-state index in [-0.39, 0.29) is 5.75 Å². The van der Waals surface area contributed by atoms with Gasteiger partial charge in [0.15, 0.2) is 0 Å². The zero-order valence-electron chi connectivity index (χ0n) is 12.8. The van der Waals surface area contributed by atoms with Gasteiger partial charge in [0, 0.05) is 21.9 Å². The summed E-state index contributed by atoms with van der Waals surface area (Å²) in [5.74, 6) is -0.0914. The van der Waals surface area contributed by atoms with Crippen molar-refractivity contribution in [2.45, 2.75) is 0 Å². The van der Waals surface area contributed by atoms with Gasteiger partial charge < -0.3 is 9.84 Å². The minimum atomic E-state index is -0.392. The molecule has 3 aromatic carbocycles. The molecule has 0 aromatic heterocycles. The molecule has 1 N–H and O–H groups in total. The summed E-state index contributed by atoms with van der Waals surface area (Å²) in [5, 5.41) is 10.8. The first-order valence-corrected chi connectivity index (χ1v) is 7.39. The van der Waals surface area contributed by atoms with Crippen LogP contribution in [0.25, 0.3) is 10.8 Å². The molecule has 0 aliphatic carbocycles. The van der Waals surface area contributed by atoms with Gasteiger partial charge in [0.2, 0.25) is 0 Å². The molecule has 0 radical (unpaired) electrons. The van der Waals surface area contributed by atoms with Gasteiger partial charge in [-0.2, -0.15) is 0 Å². The van der Waals surface area contributed by atoms with Crippen molar-refractivity contribution < 1.29 is 19.4 Å². The minimum Gasteiger partial charge on any atom is -0.508 e. The summed E-state index contributed by atoms with van der Waals surface area (Å²) in [7, 11) is 1.55. The Morgan fingerprint density at radius 1 is 0.875 bits per heavy atom. The first kappa shape index (κ1) is 14.3. The van der Waals surface area contributed by atoms with E-state index < -0.39 is 11.8 Å². The van der Waals surface area contributed by atoms with Gasteiger partial charge in [-0.3, -0.25) is 9.59 Å². The number of phenols is 1. The largest absolute Gasteiger partial charge is 0.508 e. The Labute approximate surface area is 137 Å². The lowest BCUT2D eigenvalue weighted by atomic mass is 9.93. The fraction of sp³-hybridized carbons (Fsp3) is 0.0526. The van der Waals surface area contributed by atoms with Crippen molar-refractivity contribution in [3.05, 3.63) is 65.7 Å². The molecule has 0 spiro atoms. The highest BCUT2D eigenvalue weighted by Gasteiger charge is 2.34. The SMILES string of the molecule is COc1ccc2c3c(cccc13)C(=O)N(c1ccc(O)cc1)C2=O. The van der Waals surface area contributed by atoms with E-state index in [1.165, 1.54) is 12.1 Å². The summed E-state index contributed by atoms with van der Waals surface area (Å²) < 4.78 is 5.34. The first-order valence-electron chi connectivity index (χ1n) is 7.39. The lowest BCUT2D eigenvalue weighted by molar-refractivity contribution is 0.0893. The lowest BCUT2D eigenvalue weighted by Gasteiger charge is -2.27. The molecule has 3 aromatic rings. The Morgan fingerprint density at radius 3 is 2.21 bits per heavy atom. The number of imide groups is 1. The van der Waals surface area contributed by atoms with Crippen LogP contribution in [0.3, 0.4) is 0 Å². The zero-order valence-corrected chi connectivity index (χ0v) is 12.8. The van der Waals surface area contributed by atoms with Crippen LogP contribution in [0.15, 0.2) is 54.6 Å². The molecule has 2 amide bonds. The minimum absolute atomic E-state index is 0.0721. The van der Waals surface area contributed by atoms with Crippen LogP contribution < -0.4 is 9.64 Å². The number of carbonyl (C=O) groups excluding carboxylic acids is 2. The van der Waals surface area contributed by atoms with Crippen LogP contribution in [-0.4, -0.2) is 24.0 Å². The lowest BCUT2D eigenvalue weighted by Crippen LogP contribution is -2.40. The van der Waals surface area contributed by atoms with Crippen molar-refractivity contribution in [3.8, 4) is 11.5 Å². The number of anilines is 1. The third-order valence-corrected chi connectivity index (χ3v) is 4.20. The molecule has 118 valence electrons. The zero-order chi connectivity index (χ0) is 16.8. The summed E-state index contributed by atoms with van der Waals surface area (Å²) in [6, 6.07) is 14.7. The summed E-state index contributed by atoms with van der Waals surface area (Å²) >= 11 is 0. The number of hydrogen-bond acceptors (Lipinski definition) is 4. The number of methoxy groups -OCH3 is 1. The fourth-order valence-electron chi connectivity index (χ4n) is 3.08. The van der Waals surface area contributed by atoms with Gasteiger partial charge in [-0.15, -0.1) is 0 Å². The highest BCUT2D eigenvalue weighted by molar-refractivity contribution is 6.36. The molecule has 5 heteroatoms. The van der Waals surface area contributed by atoms with Crippen LogP contribution in [0.5, 0.6) is 11.5 Å². The van der Waals surface area contributed by atoms with Crippen molar-refractivity contribution in [3.63, 3.8) is 0 Å². The first-order chi connectivity index (χ1) is 11.6. The smallest absolute Gasteiger partial charge is 0.265 e. The normalized spacial score (nSPS) is 13.5. The maximum atomic E-state index is 12.9. The van der Waals surface area contributed by atoms with Crippen molar-refractivity contribution in [1.29, 1.82) is 0 Å². The fourth-order valence-corrected chi connectivity index (χ4v) is 3.08. The average molecular weight is 319 g/mol. The van der Waals surface area contributed by atoms with Crippen LogP contribution >= 0.6 is 0 Å². The predicted molar refractivity (Wildman–Crippen MR) is 89.7 cm³/mol. The van der Waals surface area contributed by atoms with E-state index >= 15 is 0 Å². The van der Waals surface area contributed by atoms with Crippen LogP contribution in [0.2, 0.25) is 0 Å². The highest BCUT2D eigenvalue weighted by Crippen LogP contribution is 2.37. The van der Waals surface area contributed by atoms with E-state index in [2.05, 4.69) is 0 Å². The second-order valence-electron chi connectivity index (χ2n) is 5.51. The highest BCUT2D eigenvalue weighted by atomic mass is 16.5. The Balaban J connectivity index is 1.97. The molecular weight excluding hydrogens is 306 g/mol. The molecule has 1 aliphatic rings. The molecule has 4 rings (SSSR count). The van der Waals surface area contributed by atoms with Gasteiger partial charge in [0.05, 0.1) is 12.8 Å². The molecule has 0 bridgehead atoms. The summed E-state index contributed by atoms with van der Waals surface area (Å²) in [4.78, 5) is 26.9. The molecule has 0 unspecified atom stereocenters. The van der Waals surface area contributed by atoms with Crippen molar-refractivity contribution in [2.75, 3.05) is 12.0 Å². The molecule has 0 saturated carbocycles.